The minimum atomic E-state index is 0.335. The molecule has 0 aliphatic heterocycles. The van der Waals surface area contributed by atoms with E-state index in [-0.39, 0.29) is 0 Å². The van der Waals surface area contributed by atoms with Gasteiger partial charge in [0.15, 0.2) is 0 Å². The van der Waals surface area contributed by atoms with E-state index in [1.54, 1.807) is 7.11 Å². The summed E-state index contributed by atoms with van der Waals surface area (Å²) in [5.74, 6) is 1.29. The van der Waals surface area contributed by atoms with E-state index in [1.807, 2.05) is 0 Å². The maximum atomic E-state index is 9.39. The van der Waals surface area contributed by atoms with Crippen molar-refractivity contribution in [2.75, 3.05) is 20.3 Å². The molecule has 3 nitrogen and oxygen atoms in total. The van der Waals surface area contributed by atoms with E-state index in [4.69, 9.17) is 4.74 Å². The molecule has 0 aromatic carbocycles. The van der Waals surface area contributed by atoms with Gasteiger partial charge in [0.05, 0.1) is 6.61 Å². The highest BCUT2D eigenvalue weighted by Crippen LogP contribution is 2.34. The standard InChI is InChI=1S/C13H25NO2/c1-16-9-13(10-6-7-10)14-12-5-3-2-4-11(12)8-15/h10-15H,2-9H2,1H3. The monoisotopic (exact) mass is 227 g/mol. The Bertz CT molecular complexity index is 206. The average molecular weight is 227 g/mol. The molecular formula is C13H25NO2. The second-order valence-corrected chi connectivity index (χ2v) is 5.40. The molecule has 0 heterocycles. The molecule has 0 spiro atoms. The van der Waals surface area contributed by atoms with Gasteiger partial charge in [0.25, 0.3) is 0 Å². The predicted molar refractivity (Wildman–Crippen MR) is 64.4 cm³/mol. The van der Waals surface area contributed by atoms with Crippen LogP contribution in [0.1, 0.15) is 38.5 Å². The minimum Gasteiger partial charge on any atom is -0.396 e. The quantitative estimate of drug-likeness (QED) is 0.723. The fourth-order valence-electron chi connectivity index (χ4n) is 2.92. The highest BCUT2D eigenvalue weighted by atomic mass is 16.5. The molecule has 0 radical (unpaired) electrons. The third kappa shape index (κ3) is 3.19. The zero-order valence-electron chi connectivity index (χ0n) is 10.3. The zero-order valence-corrected chi connectivity index (χ0v) is 10.3. The van der Waals surface area contributed by atoms with Crippen LogP contribution < -0.4 is 5.32 Å². The first-order valence-electron chi connectivity index (χ1n) is 6.71. The van der Waals surface area contributed by atoms with Gasteiger partial charge in [0.1, 0.15) is 0 Å². The van der Waals surface area contributed by atoms with E-state index < -0.39 is 0 Å². The number of hydrogen-bond donors (Lipinski definition) is 2. The van der Waals surface area contributed by atoms with Crippen molar-refractivity contribution < 1.29 is 9.84 Å². The number of methoxy groups -OCH3 is 1. The van der Waals surface area contributed by atoms with E-state index in [0.29, 0.717) is 24.6 Å². The number of ether oxygens (including phenoxy) is 1. The summed E-state index contributed by atoms with van der Waals surface area (Å²) in [6.45, 7) is 1.15. The Kier molecular flexibility index (Phi) is 4.62. The van der Waals surface area contributed by atoms with E-state index in [2.05, 4.69) is 5.32 Å². The van der Waals surface area contributed by atoms with Gasteiger partial charge >= 0.3 is 0 Å². The molecule has 2 N–H and O–H groups in total. The molecule has 94 valence electrons. The molecule has 2 rings (SSSR count). The maximum absolute atomic E-state index is 9.39. The van der Waals surface area contributed by atoms with Crippen LogP contribution in [-0.4, -0.2) is 37.5 Å². The van der Waals surface area contributed by atoms with Gasteiger partial charge in [-0.05, 0) is 37.5 Å². The van der Waals surface area contributed by atoms with Gasteiger partial charge in [0.2, 0.25) is 0 Å². The molecule has 2 fully saturated rings. The smallest absolute Gasteiger partial charge is 0.0618 e. The summed E-state index contributed by atoms with van der Waals surface area (Å²) in [5.41, 5.74) is 0. The first-order chi connectivity index (χ1) is 7.85. The van der Waals surface area contributed by atoms with Crippen LogP contribution in [-0.2, 0) is 4.74 Å². The lowest BCUT2D eigenvalue weighted by Crippen LogP contribution is -2.48. The Hall–Kier alpha value is -0.120. The van der Waals surface area contributed by atoms with Crippen LogP contribution in [0, 0.1) is 11.8 Å². The summed E-state index contributed by atoms with van der Waals surface area (Å²) in [5, 5.41) is 13.1. The van der Waals surface area contributed by atoms with Crippen molar-refractivity contribution in [2.45, 2.75) is 50.6 Å². The molecule has 3 unspecified atom stereocenters. The third-order valence-corrected chi connectivity index (χ3v) is 4.11. The van der Waals surface area contributed by atoms with Crippen molar-refractivity contribution in [2.24, 2.45) is 11.8 Å². The third-order valence-electron chi connectivity index (χ3n) is 4.11. The highest BCUT2D eigenvalue weighted by Gasteiger charge is 2.34. The summed E-state index contributed by atoms with van der Waals surface area (Å²) < 4.78 is 5.29. The van der Waals surface area contributed by atoms with Crippen molar-refractivity contribution in [1.29, 1.82) is 0 Å². The van der Waals surface area contributed by atoms with Crippen molar-refractivity contribution in [3.05, 3.63) is 0 Å². The lowest BCUT2D eigenvalue weighted by molar-refractivity contribution is 0.111. The SMILES string of the molecule is COCC(NC1CCCCC1CO)C1CC1. The molecular weight excluding hydrogens is 202 g/mol. The van der Waals surface area contributed by atoms with Crippen molar-refractivity contribution in [1.82, 2.24) is 5.32 Å². The van der Waals surface area contributed by atoms with Crippen LogP contribution in [0.15, 0.2) is 0 Å². The molecule has 0 amide bonds. The van der Waals surface area contributed by atoms with Gasteiger partial charge in [-0.1, -0.05) is 12.8 Å². The molecule has 0 bridgehead atoms. The predicted octanol–water partition coefficient (Wildman–Crippen LogP) is 1.55. The second-order valence-electron chi connectivity index (χ2n) is 5.40. The van der Waals surface area contributed by atoms with Gasteiger partial charge in [-0.3, -0.25) is 0 Å². The summed E-state index contributed by atoms with van der Waals surface area (Å²) in [6.07, 6.45) is 7.67. The van der Waals surface area contributed by atoms with Crippen LogP contribution in [0.4, 0.5) is 0 Å². The van der Waals surface area contributed by atoms with Crippen LogP contribution >= 0.6 is 0 Å². The number of aliphatic hydroxyl groups is 1. The number of hydrogen-bond acceptors (Lipinski definition) is 3. The van der Waals surface area contributed by atoms with Gasteiger partial charge in [-0.2, -0.15) is 0 Å². The Labute approximate surface area is 98.6 Å². The minimum absolute atomic E-state index is 0.335. The molecule has 2 saturated carbocycles. The fraction of sp³-hybridized carbons (Fsp3) is 1.00. The van der Waals surface area contributed by atoms with E-state index in [0.717, 1.165) is 12.5 Å². The summed E-state index contributed by atoms with van der Waals surface area (Å²) in [6, 6.07) is 1.03. The second kappa shape index (κ2) is 5.99. The first-order valence-corrected chi connectivity index (χ1v) is 6.71. The zero-order chi connectivity index (χ0) is 11.4. The molecule has 0 aromatic rings. The van der Waals surface area contributed by atoms with Gasteiger partial charge in [-0.15, -0.1) is 0 Å². The molecule has 2 aliphatic rings. The lowest BCUT2D eigenvalue weighted by Gasteiger charge is -2.34. The van der Waals surface area contributed by atoms with E-state index >= 15 is 0 Å². The van der Waals surface area contributed by atoms with Crippen LogP contribution in [0.2, 0.25) is 0 Å². The number of aliphatic hydroxyl groups excluding tert-OH is 1. The van der Waals surface area contributed by atoms with Crippen molar-refractivity contribution >= 4 is 0 Å². The average Bonchev–Trinajstić information content (AvgIpc) is 3.13. The highest BCUT2D eigenvalue weighted by molar-refractivity contribution is 4.91. The van der Waals surface area contributed by atoms with E-state index in [1.165, 1.54) is 38.5 Å². The maximum Gasteiger partial charge on any atom is 0.0618 e. The number of nitrogens with one attached hydrogen (secondary N) is 1. The Morgan fingerprint density at radius 2 is 2.00 bits per heavy atom. The van der Waals surface area contributed by atoms with Crippen molar-refractivity contribution in [3.63, 3.8) is 0 Å². The molecule has 0 aromatic heterocycles. The number of rotatable bonds is 6. The summed E-state index contributed by atoms with van der Waals surface area (Å²) >= 11 is 0. The molecule has 2 aliphatic carbocycles. The van der Waals surface area contributed by atoms with Gasteiger partial charge in [-0.25, -0.2) is 0 Å². The fourth-order valence-corrected chi connectivity index (χ4v) is 2.92. The molecule has 3 atom stereocenters. The van der Waals surface area contributed by atoms with Gasteiger partial charge < -0.3 is 15.2 Å². The lowest BCUT2D eigenvalue weighted by atomic mass is 9.84. The largest absolute Gasteiger partial charge is 0.396 e. The Morgan fingerprint density at radius 3 is 2.62 bits per heavy atom. The topological polar surface area (TPSA) is 41.5 Å². The first kappa shape index (κ1) is 12.3. The van der Waals surface area contributed by atoms with Crippen LogP contribution in [0.25, 0.3) is 0 Å². The van der Waals surface area contributed by atoms with E-state index in [9.17, 15) is 5.11 Å². The van der Waals surface area contributed by atoms with Crippen molar-refractivity contribution in [3.8, 4) is 0 Å². The summed E-state index contributed by atoms with van der Waals surface area (Å²) in [7, 11) is 1.78. The Morgan fingerprint density at radius 1 is 1.25 bits per heavy atom. The van der Waals surface area contributed by atoms with Gasteiger partial charge in [0, 0.05) is 25.8 Å². The Balaban J connectivity index is 1.84. The molecule has 3 heteroatoms. The van der Waals surface area contributed by atoms with Crippen LogP contribution in [0.5, 0.6) is 0 Å². The normalized spacial score (nSPS) is 32.6. The molecule has 0 saturated heterocycles. The molecule has 16 heavy (non-hydrogen) atoms. The summed E-state index contributed by atoms with van der Waals surface area (Å²) in [4.78, 5) is 0. The van der Waals surface area contributed by atoms with Crippen LogP contribution in [0.3, 0.4) is 0 Å².